The molecule has 2 amide bonds. The van der Waals surface area contributed by atoms with E-state index < -0.39 is 11.5 Å². The first-order valence-electron chi connectivity index (χ1n) is 13.8. The fraction of sp³-hybridized carbons (Fsp3) is 0.433. The number of benzene rings is 2. The highest BCUT2D eigenvalue weighted by molar-refractivity contribution is 6.05. The first-order chi connectivity index (χ1) is 19.8. The van der Waals surface area contributed by atoms with Gasteiger partial charge in [-0.1, -0.05) is 0 Å². The minimum Gasteiger partial charge on any atom is -0.467 e. The number of primary amides is 1. The summed E-state index contributed by atoms with van der Waals surface area (Å²) in [6, 6.07) is 9.18. The van der Waals surface area contributed by atoms with Crippen LogP contribution in [0.25, 0.3) is 33.2 Å². The molecule has 0 aliphatic carbocycles. The second-order valence-electron chi connectivity index (χ2n) is 11.7. The number of ether oxygens (including phenoxy) is 3. The van der Waals surface area contributed by atoms with Crippen molar-refractivity contribution in [3.8, 4) is 17.1 Å². The van der Waals surface area contributed by atoms with E-state index in [1.54, 1.807) is 15.6 Å². The molecule has 4 aromatic rings. The van der Waals surface area contributed by atoms with Crippen LogP contribution in [-0.4, -0.2) is 81.3 Å². The van der Waals surface area contributed by atoms with Crippen LogP contribution in [0.15, 0.2) is 36.5 Å². The first-order valence-corrected chi connectivity index (χ1v) is 13.8. The molecule has 0 saturated carbocycles. The van der Waals surface area contributed by atoms with Crippen LogP contribution in [0.4, 0.5) is 10.5 Å². The van der Waals surface area contributed by atoms with Crippen LogP contribution in [0.3, 0.4) is 0 Å². The Bertz CT molecular complexity index is 1650. The molecule has 42 heavy (non-hydrogen) atoms. The Morgan fingerprint density at radius 3 is 2.40 bits per heavy atom. The van der Waals surface area contributed by atoms with Gasteiger partial charge in [-0.15, -0.1) is 0 Å². The van der Waals surface area contributed by atoms with Crippen molar-refractivity contribution in [1.82, 2.24) is 24.6 Å². The Labute approximate surface area is 244 Å². The third kappa shape index (κ3) is 5.80. The Kier molecular flexibility index (Phi) is 7.67. The van der Waals surface area contributed by atoms with Crippen LogP contribution in [0.5, 0.6) is 5.75 Å². The zero-order valence-corrected chi connectivity index (χ0v) is 25.0. The number of carbonyl (C=O) groups is 2. The van der Waals surface area contributed by atoms with Crippen LogP contribution >= 0.6 is 0 Å². The maximum Gasteiger partial charge on any atom is 0.410 e. The van der Waals surface area contributed by atoms with Crippen molar-refractivity contribution in [3.63, 3.8) is 0 Å². The van der Waals surface area contributed by atoms with Gasteiger partial charge in [0.2, 0.25) is 0 Å². The number of anilines is 1. The van der Waals surface area contributed by atoms with E-state index in [0.717, 1.165) is 16.6 Å². The summed E-state index contributed by atoms with van der Waals surface area (Å²) >= 11 is 0. The molecule has 0 unspecified atom stereocenters. The number of piperazine rings is 1. The van der Waals surface area contributed by atoms with E-state index in [9.17, 15) is 9.59 Å². The molecule has 1 saturated heterocycles. The third-order valence-corrected chi connectivity index (χ3v) is 7.09. The zero-order valence-electron chi connectivity index (χ0n) is 25.0. The lowest BCUT2D eigenvalue weighted by atomic mass is 10.1. The number of amides is 2. The first kappa shape index (κ1) is 29.1. The predicted molar refractivity (Wildman–Crippen MR) is 159 cm³/mol. The van der Waals surface area contributed by atoms with E-state index in [4.69, 9.17) is 24.9 Å². The summed E-state index contributed by atoms with van der Waals surface area (Å²) in [6.07, 6.45) is 1.56. The Balaban J connectivity index is 1.51. The van der Waals surface area contributed by atoms with Crippen LogP contribution in [0.1, 0.15) is 45.1 Å². The lowest BCUT2D eigenvalue weighted by Gasteiger charge is -2.45. The van der Waals surface area contributed by atoms with E-state index >= 15 is 0 Å². The number of rotatable bonds is 6. The van der Waals surface area contributed by atoms with Crippen molar-refractivity contribution >= 4 is 39.5 Å². The minimum absolute atomic E-state index is 0.0169. The van der Waals surface area contributed by atoms with Gasteiger partial charge >= 0.3 is 6.09 Å². The van der Waals surface area contributed by atoms with Crippen molar-refractivity contribution < 1.29 is 23.8 Å². The van der Waals surface area contributed by atoms with Gasteiger partial charge in [0.25, 0.3) is 5.91 Å². The molecule has 222 valence electrons. The summed E-state index contributed by atoms with van der Waals surface area (Å²) in [5.74, 6) is 0.105. The van der Waals surface area contributed by atoms with Gasteiger partial charge < -0.3 is 24.8 Å². The summed E-state index contributed by atoms with van der Waals surface area (Å²) in [7, 11) is 3.37. The Morgan fingerprint density at radius 1 is 1.05 bits per heavy atom. The number of methoxy groups -OCH3 is 1. The van der Waals surface area contributed by atoms with E-state index in [1.807, 2.05) is 72.1 Å². The molecule has 12 heteroatoms. The molecule has 5 rings (SSSR count). The zero-order chi connectivity index (χ0) is 30.3. The van der Waals surface area contributed by atoms with Gasteiger partial charge in [0.05, 0.1) is 28.7 Å². The number of carbonyl (C=O) groups excluding carboxylic acids is 2. The molecular weight excluding hydrogens is 538 g/mol. The molecule has 2 N–H and O–H groups in total. The minimum atomic E-state index is -0.668. The topological polar surface area (TPSA) is 138 Å². The largest absolute Gasteiger partial charge is 0.467 e. The molecule has 2 atom stereocenters. The molecular formula is C30H37N7O5. The normalized spacial score (nSPS) is 17.6. The molecule has 1 fully saturated rings. The maximum absolute atomic E-state index is 12.9. The number of nitrogens with two attached hydrogens (primary N) is 1. The standard InChI is InChI=1S/C30H37N7O5/c1-17-13-36(14-18(2)37(17)29(39)42-30(3,4)5)20-8-9-23-21(11-20)26(27(31)38)33-28(32-23)22-10-19-15-35(6)34-24(19)12-25(22)41-16-40-7/h8-12,15,17-18H,13-14,16H2,1-7H3,(H2,31,38)/t17-,18+. The molecule has 1 aliphatic heterocycles. The highest BCUT2D eigenvalue weighted by atomic mass is 16.7. The molecule has 1 aliphatic rings. The SMILES string of the molecule is COCOc1cc2nn(C)cc2cc1-c1nc(C(N)=O)c2cc(N3C[C@@H](C)N(C(=O)OC(C)(C)C)[C@@H](C)C3)ccc2n1. The van der Waals surface area contributed by atoms with Gasteiger partial charge in [0, 0.05) is 56.0 Å². The lowest BCUT2D eigenvalue weighted by molar-refractivity contribution is 0.00564. The van der Waals surface area contributed by atoms with Crippen molar-refractivity contribution in [1.29, 1.82) is 0 Å². The van der Waals surface area contributed by atoms with Gasteiger partial charge in [-0.2, -0.15) is 5.10 Å². The van der Waals surface area contributed by atoms with Crippen molar-refractivity contribution in [2.45, 2.75) is 52.3 Å². The second-order valence-corrected chi connectivity index (χ2v) is 11.7. The number of aromatic nitrogens is 4. The van der Waals surface area contributed by atoms with Crippen molar-refractivity contribution in [2.24, 2.45) is 12.8 Å². The highest BCUT2D eigenvalue weighted by Gasteiger charge is 2.36. The number of hydrogen-bond donors (Lipinski definition) is 1. The monoisotopic (exact) mass is 575 g/mol. The quantitative estimate of drug-likeness (QED) is 0.337. The molecule has 2 aromatic heterocycles. The summed E-state index contributed by atoms with van der Waals surface area (Å²) in [5.41, 5.74) is 8.15. The van der Waals surface area contributed by atoms with Crippen LogP contribution in [0.2, 0.25) is 0 Å². The van der Waals surface area contributed by atoms with Crippen molar-refractivity contribution in [3.05, 3.63) is 42.2 Å². The molecule has 12 nitrogen and oxygen atoms in total. The summed E-state index contributed by atoms with van der Waals surface area (Å²) in [4.78, 5) is 39.0. The van der Waals surface area contributed by atoms with E-state index in [-0.39, 0.29) is 30.7 Å². The van der Waals surface area contributed by atoms with Crippen LogP contribution < -0.4 is 15.4 Å². The highest BCUT2D eigenvalue weighted by Crippen LogP contribution is 2.35. The van der Waals surface area contributed by atoms with E-state index in [1.165, 1.54) is 7.11 Å². The Morgan fingerprint density at radius 2 is 1.76 bits per heavy atom. The number of nitrogens with zero attached hydrogens (tertiary/aromatic N) is 6. The molecule has 3 heterocycles. The fourth-order valence-electron chi connectivity index (χ4n) is 5.42. The maximum atomic E-state index is 12.9. The third-order valence-electron chi connectivity index (χ3n) is 7.09. The molecule has 0 bridgehead atoms. The second kappa shape index (κ2) is 11.1. The number of hydrogen-bond acceptors (Lipinski definition) is 9. The fourth-order valence-corrected chi connectivity index (χ4v) is 5.42. The smallest absolute Gasteiger partial charge is 0.410 e. The summed E-state index contributed by atoms with van der Waals surface area (Å²) in [6.45, 7) is 10.8. The number of fused-ring (bicyclic) bond motifs is 2. The Hall–Kier alpha value is -4.45. The molecule has 0 spiro atoms. The van der Waals surface area contributed by atoms with Crippen molar-refractivity contribution in [2.75, 3.05) is 31.9 Å². The summed E-state index contributed by atoms with van der Waals surface area (Å²) in [5, 5.41) is 5.86. The molecule has 0 radical (unpaired) electrons. The lowest BCUT2D eigenvalue weighted by Crippen LogP contribution is -2.59. The van der Waals surface area contributed by atoms with Gasteiger partial charge in [0.1, 0.15) is 17.0 Å². The predicted octanol–water partition coefficient (Wildman–Crippen LogP) is 4.10. The van der Waals surface area contributed by atoms with Crippen LogP contribution in [0, 0.1) is 0 Å². The van der Waals surface area contributed by atoms with E-state index in [2.05, 4.69) is 15.0 Å². The molecule has 2 aromatic carbocycles. The average molecular weight is 576 g/mol. The van der Waals surface area contributed by atoms with Gasteiger partial charge in [0.15, 0.2) is 12.6 Å². The summed E-state index contributed by atoms with van der Waals surface area (Å²) < 4.78 is 18.3. The van der Waals surface area contributed by atoms with Gasteiger partial charge in [-0.3, -0.25) is 14.4 Å². The number of aryl methyl sites for hydroxylation is 1. The van der Waals surface area contributed by atoms with Gasteiger partial charge in [-0.05, 0) is 58.9 Å². The average Bonchev–Trinajstić information content (AvgIpc) is 3.27. The van der Waals surface area contributed by atoms with Gasteiger partial charge in [-0.25, -0.2) is 14.8 Å². The van der Waals surface area contributed by atoms with E-state index in [0.29, 0.717) is 41.1 Å². The van der Waals surface area contributed by atoms with Crippen LogP contribution in [-0.2, 0) is 16.5 Å².